The fourth-order valence-electron chi connectivity index (χ4n) is 2.89. The second-order valence-corrected chi connectivity index (χ2v) is 7.19. The number of methoxy groups -OCH3 is 2. The van der Waals surface area contributed by atoms with E-state index in [1.54, 1.807) is 20.4 Å². The summed E-state index contributed by atoms with van der Waals surface area (Å²) in [6, 6.07) is 5.63. The van der Waals surface area contributed by atoms with Crippen LogP contribution in [0.3, 0.4) is 0 Å². The quantitative estimate of drug-likeness (QED) is 0.701. The number of benzene rings is 1. The third-order valence-electron chi connectivity index (χ3n) is 4.27. The van der Waals surface area contributed by atoms with Crippen LogP contribution in [0.2, 0.25) is 0 Å². The highest BCUT2D eigenvalue weighted by Crippen LogP contribution is 2.27. The first-order valence-corrected chi connectivity index (χ1v) is 9.16. The molecule has 0 spiro atoms. The molecular weight excluding hydrogens is 338 g/mol. The second kappa shape index (κ2) is 6.84. The first-order valence-electron chi connectivity index (χ1n) is 7.84. The Bertz CT molecular complexity index is 966. The van der Waals surface area contributed by atoms with E-state index in [0.717, 1.165) is 39.4 Å². The highest BCUT2D eigenvalue weighted by molar-refractivity contribution is 7.84. The summed E-state index contributed by atoms with van der Waals surface area (Å²) >= 11 is 0. The van der Waals surface area contributed by atoms with Crippen molar-refractivity contribution in [1.82, 2.24) is 14.5 Å². The third kappa shape index (κ3) is 3.11. The standard InChI is InChI=1S/C18H21N3O3S/c1-11-9-19-15(12(2)17(11)24-5)10-25(22)18-20-14-8-13(23-4)6-7-16(14)21(18)3/h6-9H,10H2,1-5H3/t25-/m0/s1. The van der Waals surface area contributed by atoms with Crippen LogP contribution in [0.25, 0.3) is 11.0 Å². The van der Waals surface area contributed by atoms with E-state index in [4.69, 9.17) is 9.47 Å². The van der Waals surface area contributed by atoms with Crippen LogP contribution in [0.5, 0.6) is 11.5 Å². The Morgan fingerprint density at radius 1 is 1.20 bits per heavy atom. The Hall–Kier alpha value is -2.41. The van der Waals surface area contributed by atoms with E-state index in [0.29, 0.717) is 5.16 Å². The van der Waals surface area contributed by atoms with E-state index in [2.05, 4.69) is 9.97 Å². The van der Waals surface area contributed by atoms with Crippen molar-refractivity contribution in [3.63, 3.8) is 0 Å². The average molecular weight is 359 g/mol. The van der Waals surface area contributed by atoms with Crippen LogP contribution >= 0.6 is 0 Å². The van der Waals surface area contributed by atoms with Crippen molar-refractivity contribution in [2.75, 3.05) is 14.2 Å². The molecule has 3 rings (SSSR count). The summed E-state index contributed by atoms with van der Waals surface area (Å²) in [5.41, 5.74) is 4.30. The smallest absolute Gasteiger partial charge is 0.200 e. The van der Waals surface area contributed by atoms with Gasteiger partial charge in [-0.15, -0.1) is 0 Å². The van der Waals surface area contributed by atoms with E-state index >= 15 is 0 Å². The maximum atomic E-state index is 12.9. The molecule has 6 nitrogen and oxygen atoms in total. The molecule has 0 aliphatic heterocycles. The van der Waals surface area contributed by atoms with Crippen molar-refractivity contribution in [3.05, 3.63) is 41.2 Å². The van der Waals surface area contributed by atoms with Crippen LogP contribution in [0.4, 0.5) is 0 Å². The molecule has 2 aromatic heterocycles. The van der Waals surface area contributed by atoms with Gasteiger partial charge in [0.25, 0.3) is 0 Å². The molecule has 0 saturated heterocycles. The Balaban J connectivity index is 1.97. The van der Waals surface area contributed by atoms with E-state index in [-0.39, 0.29) is 5.75 Å². The Labute approximate surface area is 149 Å². The SMILES string of the molecule is COc1ccc2c(c1)nc([S@@](=O)Cc1ncc(C)c(OC)c1C)n2C. The molecule has 132 valence electrons. The van der Waals surface area contributed by atoms with Crippen molar-refractivity contribution < 1.29 is 13.7 Å². The number of ether oxygens (including phenoxy) is 2. The number of aromatic nitrogens is 3. The van der Waals surface area contributed by atoms with Gasteiger partial charge in [0.2, 0.25) is 0 Å². The number of fused-ring (bicyclic) bond motifs is 1. The molecule has 3 aromatic rings. The zero-order chi connectivity index (χ0) is 18.1. The van der Waals surface area contributed by atoms with Gasteiger partial charge in [-0.1, -0.05) is 0 Å². The number of hydrogen-bond acceptors (Lipinski definition) is 5. The first-order chi connectivity index (χ1) is 12.0. The molecule has 0 bridgehead atoms. The molecule has 7 heteroatoms. The van der Waals surface area contributed by atoms with Gasteiger partial charge >= 0.3 is 0 Å². The van der Waals surface area contributed by atoms with Gasteiger partial charge in [-0.05, 0) is 26.0 Å². The summed E-state index contributed by atoms with van der Waals surface area (Å²) in [5.74, 6) is 1.80. The van der Waals surface area contributed by atoms with Gasteiger partial charge in [-0.3, -0.25) is 9.19 Å². The lowest BCUT2D eigenvalue weighted by Gasteiger charge is -2.12. The van der Waals surface area contributed by atoms with Crippen LogP contribution < -0.4 is 9.47 Å². The molecule has 0 unspecified atom stereocenters. The predicted octanol–water partition coefficient (Wildman–Crippen LogP) is 2.91. The van der Waals surface area contributed by atoms with E-state index in [9.17, 15) is 4.21 Å². The molecule has 0 saturated carbocycles. The Morgan fingerprint density at radius 3 is 2.64 bits per heavy atom. The lowest BCUT2D eigenvalue weighted by molar-refractivity contribution is 0.407. The van der Waals surface area contributed by atoms with Crippen molar-refractivity contribution in [3.8, 4) is 11.5 Å². The highest BCUT2D eigenvalue weighted by Gasteiger charge is 2.18. The maximum absolute atomic E-state index is 12.9. The van der Waals surface area contributed by atoms with Gasteiger partial charge in [0, 0.05) is 30.4 Å². The molecule has 0 aliphatic rings. The minimum absolute atomic E-state index is 0.288. The molecule has 0 N–H and O–H groups in total. The van der Waals surface area contributed by atoms with Crippen LogP contribution in [-0.4, -0.2) is 33.0 Å². The van der Waals surface area contributed by atoms with Crippen LogP contribution in [0, 0.1) is 13.8 Å². The molecule has 0 fully saturated rings. The van der Waals surface area contributed by atoms with Gasteiger partial charge in [0.1, 0.15) is 11.5 Å². The fraction of sp³-hybridized carbons (Fsp3) is 0.333. The molecule has 0 radical (unpaired) electrons. The molecule has 1 aromatic carbocycles. The van der Waals surface area contributed by atoms with E-state index in [1.165, 1.54) is 0 Å². The molecule has 2 heterocycles. The number of rotatable bonds is 5. The Morgan fingerprint density at radius 2 is 1.96 bits per heavy atom. The second-order valence-electron chi connectivity index (χ2n) is 5.84. The van der Waals surface area contributed by atoms with E-state index < -0.39 is 10.8 Å². The summed E-state index contributed by atoms with van der Waals surface area (Å²) in [7, 11) is 3.79. The third-order valence-corrected chi connectivity index (χ3v) is 5.58. The van der Waals surface area contributed by atoms with Crippen molar-refractivity contribution in [2.24, 2.45) is 7.05 Å². The lowest BCUT2D eigenvalue weighted by atomic mass is 10.1. The number of aryl methyl sites for hydroxylation is 2. The van der Waals surface area contributed by atoms with Gasteiger partial charge < -0.3 is 14.0 Å². The van der Waals surface area contributed by atoms with Gasteiger partial charge in [-0.25, -0.2) is 4.98 Å². The van der Waals surface area contributed by atoms with Crippen LogP contribution in [0.1, 0.15) is 16.8 Å². The molecule has 0 aliphatic carbocycles. The molecule has 0 amide bonds. The highest BCUT2D eigenvalue weighted by atomic mass is 32.2. The van der Waals surface area contributed by atoms with Gasteiger partial charge in [-0.2, -0.15) is 0 Å². The zero-order valence-corrected chi connectivity index (χ0v) is 15.8. The number of pyridine rings is 1. The van der Waals surface area contributed by atoms with Crippen LogP contribution in [0.15, 0.2) is 29.6 Å². The van der Waals surface area contributed by atoms with Crippen molar-refractivity contribution in [2.45, 2.75) is 24.8 Å². The minimum Gasteiger partial charge on any atom is -0.497 e. The molecule has 1 atom stereocenters. The maximum Gasteiger partial charge on any atom is 0.200 e. The summed E-state index contributed by atoms with van der Waals surface area (Å²) in [5, 5.41) is 0.518. The largest absolute Gasteiger partial charge is 0.497 e. The summed E-state index contributed by atoms with van der Waals surface area (Å²) in [6.07, 6.45) is 1.75. The number of imidazole rings is 1. The first kappa shape index (κ1) is 17.4. The zero-order valence-electron chi connectivity index (χ0n) is 15.0. The van der Waals surface area contributed by atoms with Crippen molar-refractivity contribution >= 4 is 21.8 Å². The lowest BCUT2D eigenvalue weighted by Crippen LogP contribution is -2.07. The average Bonchev–Trinajstić information content (AvgIpc) is 2.94. The summed E-state index contributed by atoms with van der Waals surface area (Å²) < 4.78 is 25.4. The van der Waals surface area contributed by atoms with Gasteiger partial charge in [0.15, 0.2) is 5.16 Å². The topological polar surface area (TPSA) is 66.2 Å². The molecular formula is C18H21N3O3S. The monoisotopic (exact) mass is 359 g/mol. The van der Waals surface area contributed by atoms with Crippen LogP contribution in [-0.2, 0) is 23.6 Å². The normalized spacial score (nSPS) is 12.4. The predicted molar refractivity (Wildman–Crippen MR) is 97.6 cm³/mol. The molecule has 25 heavy (non-hydrogen) atoms. The van der Waals surface area contributed by atoms with Gasteiger partial charge in [0.05, 0.1) is 47.5 Å². The fourth-order valence-corrected chi connectivity index (χ4v) is 4.17. The number of hydrogen-bond donors (Lipinski definition) is 0. The van der Waals surface area contributed by atoms with E-state index in [1.807, 2.05) is 43.7 Å². The number of nitrogens with zero attached hydrogens (tertiary/aromatic N) is 3. The minimum atomic E-state index is -1.32. The summed E-state index contributed by atoms with van der Waals surface area (Å²) in [6.45, 7) is 3.88. The van der Waals surface area contributed by atoms with Crippen molar-refractivity contribution in [1.29, 1.82) is 0 Å². The summed E-state index contributed by atoms with van der Waals surface area (Å²) in [4.78, 5) is 8.96. The Kier molecular flexibility index (Phi) is 4.76.